The highest BCUT2D eigenvalue weighted by molar-refractivity contribution is 7.71. The van der Waals surface area contributed by atoms with Crippen LogP contribution in [0.2, 0.25) is 0 Å². The zero-order valence-corrected chi connectivity index (χ0v) is 11.3. The van der Waals surface area contributed by atoms with Crippen molar-refractivity contribution in [2.45, 2.75) is 51.6 Å². The zero-order chi connectivity index (χ0) is 12.0. The largest absolute Gasteiger partial charge is 0.338 e. The van der Waals surface area contributed by atoms with Crippen LogP contribution in [0.1, 0.15) is 45.6 Å². The first-order chi connectivity index (χ1) is 8.18. The van der Waals surface area contributed by atoms with Crippen molar-refractivity contribution >= 4 is 18.2 Å². The fourth-order valence-corrected chi connectivity index (χ4v) is 3.05. The van der Waals surface area contributed by atoms with Gasteiger partial charge in [0.25, 0.3) is 0 Å². The normalized spacial score (nSPS) is 29.6. The standard InChI is InChI=1S/C12H20N4S/c1-8-4-3-7-15(9(8)2)11-13-14-12(17)16(11)10-5-6-10/h8-10H,3-7H2,1-2H3,(H,14,17). The van der Waals surface area contributed by atoms with Gasteiger partial charge in [0.1, 0.15) is 0 Å². The van der Waals surface area contributed by atoms with Gasteiger partial charge in [-0.2, -0.15) is 0 Å². The number of aromatic amines is 1. The van der Waals surface area contributed by atoms with Gasteiger partial charge in [0.05, 0.1) is 0 Å². The van der Waals surface area contributed by atoms with Gasteiger partial charge >= 0.3 is 0 Å². The minimum atomic E-state index is 0.562. The second-order valence-electron chi connectivity index (χ2n) is 5.48. The molecule has 0 spiro atoms. The van der Waals surface area contributed by atoms with E-state index in [1.165, 1.54) is 25.7 Å². The molecule has 94 valence electrons. The number of nitrogens with zero attached hydrogens (tertiary/aromatic N) is 3. The van der Waals surface area contributed by atoms with Crippen LogP contribution in [-0.4, -0.2) is 27.4 Å². The molecule has 1 saturated heterocycles. The first-order valence-electron chi connectivity index (χ1n) is 6.62. The average Bonchev–Trinajstić information content (AvgIpc) is 3.07. The number of anilines is 1. The summed E-state index contributed by atoms with van der Waals surface area (Å²) in [6.07, 6.45) is 5.08. The average molecular weight is 252 g/mol. The Morgan fingerprint density at radius 1 is 1.29 bits per heavy atom. The molecule has 1 aromatic rings. The molecule has 2 unspecified atom stereocenters. The molecule has 1 aromatic heterocycles. The molecule has 5 heteroatoms. The molecule has 0 aromatic carbocycles. The van der Waals surface area contributed by atoms with Crippen molar-refractivity contribution in [1.82, 2.24) is 14.8 Å². The van der Waals surface area contributed by atoms with Crippen LogP contribution in [0.5, 0.6) is 0 Å². The molecule has 2 heterocycles. The van der Waals surface area contributed by atoms with E-state index < -0.39 is 0 Å². The van der Waals surface area contributed by atoms with E-state index in [-0.39, 0.29) is 0 Å². The van der Waals surface area contributed by atoms with Crippen molar-refractivity contribution in [2.24, 2.45) is 5.92 Å². The first kappa shape index (κ1) is 11.3. The van der Waals surface area contributed by atoms with Gasteiger partial charge in [-0.15, -0.1) is 5.10 Å². The Morgan fingerprint density at radius 2 is 2.06 bits per heavy atom. The zero-order valence-electron chi connectivity index (χ0n) is 10.5. The van der Waals surface area contributed by atoms with Gasteiger partial charge in [-0.3, -0.25) is 4.57 Å². The Labute approximate surface area is 107 Å². The monoisotopic (exact) mass is 252 g/mol. The van der Waals surface area contributed by atoms with E-state index in [1.54, 1.807) is 0 Å². The number of nitrogens with one attached hydrogen (secondary N) is 1. The highest BCUT2D eigenvalue weighted by atomic mass is 32.1. The topological polar surface area (TPSA) is 36.9 Å². The molecule has 3 rings (SSSR count). The molecule has 2 fully saturated rings. The van der Waals surface area contributed by atoms with Crippen molar-refractivity contribution in [3.05, 3.63) is 4.77 Å². The summed E-state index contributed by atoms with van der Waals surface area (Å²) in [6.45, 7) is 5.75. The number of rotatable bonds is 2. The second kappa shape index (κ2) is 4.12. The lowest BCUT2D eigenvalue weighted by Gasteiger charge is -2.38. The van der Waals surface area contributed by atoms with Crippen molar-refractivity contribution in [1.29, 1.82) is 0 Å². The van der Waals surface area contributed by atoms with Crippen LogP contribution < -0.4 is 4.90 Å². The van der Waals surface area contributed by atoms with Crippen LogP contribution in [-0.2, 0) is 0 Å². The van der Waals surface area contributed by atoms with Crippen LogP contribution in [0, 0.1) is 10.7 Å². The first-order valence-corrected chi connectivity index (χ1v) is 7.03. The smallest absolute Gasteiger partial charge is 0.226 e. The Hall–Kier alpha value is -0.840. The van der Waals surface area contributed by atoms with E-state index in [9.17, 15) is 0 Å². The highest BCUT2D eigenvalue weighted by Gasteiger charge is 2.33. The highest BCUT2D eigenvalue weighted by Crippen LogP contribution is 2.39. The molecule has 0 amide bonds. The summed E-state index contributed by atoms with van der Waals surface area (Å²) in [5.41, 5.74) is 0. The van der Waals surface area contributed by atoms with Crippen LogP contribution >= 0.6 is 12.2 Å². The number of hydrogen-bond donors (Lipinski definition) is 1. The third kappa shape index (κ3) is 1.90. The summed E-state index contributed by atoms with van der Waals surface area (Å²) in [6, 6.07) is 1.16. The van der Waals surface area contributed by atoms with Gasteiger partial charge in [-0.25, -0.2) is 5.10 Å². The fraction of sp³-hybridized carbons (Fsp3) is 0.833. The van der Waals surface area contributed by atoms with Gasteiger partial charge in [0.2, 0.25) is 5.95 Å². The number of hydrogen-bond acceptors (Lipinski definition) is 3. The quantitative estimate of drug-likeness (QED) is 0.822. The van der Waals surface area contributed by atoms with Gasteiger partial charge in [0, 0.05) is 18.6 Å². The van der Waals surface area contributed by atoms with Crippen LogP contribution in [0.3, 0.4) is 0 Å². The third-order valence-corrected chi connectivity index (χ3v) is 4.52. The summed E-state index contributed by atoms with van der Waals surface area (Å²) in [5, 5.41) is 7.42. The molecule has 1 saturated carbocycles. The molecule has 4 nitrogen and oxygen atoms in total. The number of piperidine rings is 1. The molecular weight excluding hydrogens is 232 g/mol. The van der Waals surface area contributed by atoms with E-state index in [2.05, 4.69) is 33.5 Å². The summed E-state index contributed by atoms with van der Waals surface area (Å²) in [7, 11) is 0. The minimum Gasteiger partial charge on any atom is -0.338 e. The number of H-pyrrole nitrogens is 1. The van der Waals surface area contributed by atoms with Gasteiger partial charge < -0.3 is 4.90 Å². The minimum absolute atomic E-state index is 0.562. The van der Waals surface area contributed by atoms with Gasteiger partial charge in [-0.05, 0) is 50.7 Å². The van der Waals surface area contributed by atoms with Crippen molar-refractivity contribution in [2.75, 3.05) is 11.4 Å². The lowest BCUT2D eigenvalue weighted by molar-refractivity contribution is 0.356. The lowest BCUT2D eigenvalue weighted by Crippen LogP contribution is -2.43. The molecule has 2 aliphatic rings. The van der Waals surface area contributed by atoms with E-state index >= 15 is 0 Å². The maximum atomic E-state index is 5.34. The Bertz CT molecular complexity index is 459. The maximum Gasteiger partial charge on any atom is 0.226 e. The van der Waals surface area contributed by atoms with Crippen LogP contribution in [0.4, 0.5) is 5.95 Å². The molecular formula is C12H20N4S. The summed E-state index contributed by atoms with van der Waals surface area (Å²) in [4.78, 5) is 2.43. The summed E-state index contributed by atoms with van der Waals surface area (Å²) < 4.78 is 3.01. The molecule has 1 N–H and O–H groups in total. The summed E-state index contributed by atoms with van der Waals surface area (Å²) >= 11 is 5.34. The van der Waals surface area contributed by atoms with E-state index in [0.717, 1.165) is 23.2 Å². The van der Waals surface area contributed by atoms with Crippen molar-refractivity contribution < 1.29 is 0 Å². The Balaban J connectivity index is 1.95. The molecule has 0 bridgehead atoms. The molecule has 1 aliphatic heterocycles. The Morgan fingerprint density at radius 3 is 2.76 bits per heavy atom. The van der Waals surface area contributed by atoms with E-state index in [1.807, 2.05) is 0 Å². The van der Waals surface area contributed by atoms with Crippen molar-refractivity contribution in [3.63, 3.8) is 0 Å². The predicted octanol–water partition coefficient (Wildman–Crippen LogP) is 2.90. The molecule has 1 aliphatic carbocycles. The summed E-state index contributed by atoms with van der Waals surface area (Å²) in [5.74, 6) is 1.80. The van der Waals surface area contributed by atoms with Crippen molar-refractivity contribution in [3.8, 4) is 0 Å². The number of aromatic nitrogens is 3. The fourth-order valence-electron chi connectivity index (χ4n) is 2.78. The van der Waals surface area contributed by atoms with Gasteiger partial charge in [-0.1, -0.05) is 6.92 Å². The van der Waals surface area contributed by atoms with Gasteiger partial charge in [0.15, 0.2) is 4.77 Å². The Kier molecular flexibility index (Phi) is 2.73. The maximum absolute atomic E-state index is 5.34. The molecule has 17 heavy (non-hydrogen) atoms. The molecule has 0 radical (unpaired) electrons. The van der Waals surface area contributed by atoms with Crippen LogP contribution in [0.15, 0.2) is 0 Å². The van der Waals surface area contributed by atoms with E-state index in [0.29, 0.717) is 12.1 Å². The van der Waals surface area contributed by atoms with Crippen LogP contribution in [0.25, 0.3) is 0 Å². The lowest BCUT2D eigenvalue weighted by atomic mass is 9.92. The molecule has 2 atom stereocenters. The predicted molar refractivity (Wildman–Crippen MR) is 70.9 cm³/mol. The SMILES string of the molecule is CC1CCCN(c2n[nH]c(=S)n2C2CC2)C1C. The third-order valence-electron chi connectivity index (χ3n) is 4.23. The van der Waals surface area contributed by atoms with E-state index in [4.69, 9.17) is 12.2 Å². The second-order valence-corrected chi connectivity index (χ2v) is 5.87.